The van der Waals surface area contributed by atoms with E-state index in [1.807, 2.05) is 22.6 Å². The van der Waals surface area contributed by atoms with E-state index in [1.54, 1.807) is 25.2 Å². The van der Waals surface area contributed by atoms with Gasteiger partial charge in [0, 0.05) is 19.3 Å². The number of alkyl halides is 3. The summed E-state index contributed by atoms with van der Waals surface area (Å²) in [7, 11) is 1.80. The van der Waals surface area contributed by atoms with Crippen LogP contribution in [0.5, 0.6) is 0 Å². The molecule has 3 rings (SSSR count). The molecule has 0 aliphatic heterocycles. The summed E-state index contributed by atoms with van der Waals surface area (Å²) >= 11 is 0. The van der Waals surface area contributed by atoms with E-state index in [4.69, 9.17) is 9.90 Å². The molecular weight excluding hydrogens is 512 g/mol. The second kappa shape index (κ2) is 12.7. The van der Waals surface area contributed by atoms with Crippen LogP contribution in [-0.4, -0.2) is 51.1 Å². The Morgan fingerprint density at radius 3 is 2.24 bits per heavy atom. The monoisotopic (exact) mass is 538 g/mol. The van der Waals surface area contributed by atoms with E-state index in [-0.39, 0.29) is 16.8 Å². The summed E-state index contributed by atoms with van der Waals surface area (Å²) in [6, 6.07) is 12.2. The molecule has 0 bridgehead atoms. The van der Waals surface area contributed by atoms with Gasteiger partial charge in [-0.2, -0.15) is 18.3 Å². The first-order valence-corrected chi connectivity index (χ1v) is 11.2. The topological polar surface area (TPSA) is 125 Å². The summed E-state index contributed by atoms with van der Waals surface area (Å²) in [4.78, 5) is 35.0. The van der Waals surface area contributed by atoms with E-state index >= 15 is 0 Å². The van der Waals surface area contributed by atoms with Crippen LogP contribution in [0.2, 0.25) is 0 Å². The number of carbonyl (C=O) groups excluding carboxylic acids is 1. The molecule has 204 valence electrons. The maximum atomic E-state index is 13.8. The maximum Gasteiger partial charge on any atom is 0.490 e. The first kappa shape index (κ1) is 29.8. The fraction of sp³-hybridized carbons (Fsp3) is 0.280. The number of carboxylic acids is 2. The zero-order valence-corrected chi connectivity index (χ0v) is 20.7. The molecule has 3 N–H and O–H groups in total. The van der Waals surface area contributed by atoms with Crippen molar-refractivity contribution in [3.8, 4) is 0 Å². The van der Waals surface area contributed by atoms with Gasteiger partial charge in [0.1, 0.15) is 5.82 Å². The molecule has 1 heterocycles. The number of rotatable bonds is 8. The number of aryl methyl sites for hydroxylation is 2. The lowest BCUT2D eigenvalue weighted by Gasteiger charge is -2.22. The summed E-state index contributed by atoms with van der Waals surface area (Å²) in [5.74, 6) is -5.17. The standard InChI is InChI=1S/C23H25FN4O3.C2HF3O2/c1-4-11-28-17(12-15(2)26-28)14-27(3)21-10-9-16(13-19(21)23(30)31)25-22(29)18-7-5-6-8-20(18)24;3-2(4,5)1(6)7/h5-10,12-13H,4,11,14H2,1-3H3,(H,25,29)(H,30,31);(H,6,7). The van der Waals surface area contributed by atoms with Gasteiger partial charge in [-0.25, -0.2) is 14.0 Å². The molecular formula is C25H26F4N4O5. The average molecular weight is 538 g/mol. The number of hydrogen-bond acceptors (Lipinski definition) is 5. The van der Waals surface area contributed by atoms with Gasteiger partial charge in [-0.3, -0.25) is 9.48 Å². The Labute approximate surface area is 215 Å². The van der Waals surface area contributed by atoms with Crippen LogP contribution in [0.25, 0.3) is 0 Å². The lowest BCUT2D eigenvalue weighted by atomic mass is 10.1. The van der Waals surface area contributed by atoms with Gasteiger partial charge < -0.3 is 20.4 Å². The van der Waals surface area contributed by atoms with Crippen molar-refractivity contribution in [2.45, 2.75) is 39.5 Å². The maximum absolute atomic E-state index is 13.8. The van der Waals surface area contributed by atoms with Crippen molar-refractivity contribution >= 4 is 29.2 Å². The molecule has 9 nitrogen and oxygen atoms in total. The molecule has 0 radical (unpaired) electrons. The summed E-state index contributed by atoms with van der Waals surface area (Å²) < 4.78 is 47.5. The molecule has 0 spiro atoms. The molecule has 1 aromatic heterocycles. The number of halogens is 4. The third-order valence-corrected chi connectivity index (χ3v) is 5.08. The first-order valence-electron chi connectivity index (χ1n) is 11.2. The number of anilines is 2. The Morgan fingerprint density at radius 2 is 1.68 bits per heavy atom. The zero-order chi connectivity index (χ0) is 28.6. The molecule has 0 unspecified atom stereocenters. The number of aromatic nitrogens is 2. The highest BCUT2D eigenvalue weighted by atomic mass is 19.4. The van der Waals surface area contributed by atoms with E-state index in [0.717, 1.165) is 24.4 Å². The van der Waals surface area contributed by atoms with Gasteiger partial charge in [0.2, 0.25) is 0 Å². The van der Waals surface area contributed by atoms with Crippen molar-refractivity contribution < 1.29 is 42.2 Å². The number of amides is 1. The minimum atomic E-state index is -5.08. The first-order chi connectivity index (χ1) is 17.7. The van der Waals surface area contributed by atoms with Crippen molar-refractivity contribution in [2.24, 2.45) is 0 Å². The highest BCUT2D eigenvalue weighted by Gasteiger charge is 2.38. The van der Waals surface area contributed by atoms with E-state index in [9.17, 15) is 32.3 Å². The van der Waals surface area contributed by atoms with Crippen LogP contribution < -0.4 is 10.2 Å². The Hall–Kier alpha value is -4.42. The Bertz CT molecular complexity index is 1310. The number of benzene rings is 2. The Balaban J connectivity index is 0.000000638. The Morgan fingerprint density at radius 1 is 1.05 bits per heavy atom. The highest BCUT2D eigenvalue weighted by Crippen LogP contribution is 2.26. The molecule has 0 aliphatic rings. The fourth-order valence-electron chi connectivity index (χ4n) is 3.42. The van der Waals surface area contributed by atoms with Crippen LogP contribution in [0.1, 0.15) is 45.4 Å². The van der Waals surface area contributed by atoms with Crippen LogP contribution in [0, 0.1) is 12.7 Å². The van der Waals surface area contributed by atoms with Gasteiger partial charge in [-0.1, -0.05) is 19.1 Å². The molecule has 2 aromatic carbocycles. The smallest absolute Gasteiger partial charge is 0.478 e. The number of hydrogen-bond donors (Lipinski definition) is 3. The average Bonchev–Trinajstić information content (AvgIpc) is 3.17. The second-order valence-electron chi connectivity index (χ2n) is 8.13. The molecule has 0 saturated carbocycles. The van der Waals surface area contributed by atoms with Gasteiger partial charge in [0.05, 0.1) is 34.7 Å². The SMILES string of the molecule is CCCn1nc(C)cc1CN(C)c1ccc(NC(=O)c2ccccc2F)cc1C(=O)O.O=C(O)C(F)(F)F. The highest BCUT2D eigenvalue weighted by molar-refractivity contribution is 6.05. The van der Waals surface area contributed by atoms with Crippen LogP contribution in [0.15, 0.2) is 48.5 Å². The van der Waals surface area contributed by atoms with Gasteiger partial charge in [-0.05, 0) is 49.7 Å². The summed E-state index contributed by atoms with van der Waals surface area (Å²) in [5.41, 5.74) is 2.58. The number of carboxylic acid groups (broad SMARTS) is 2. The molecule has 0 aliphatic carbocycles. The predicted molar refractivity (Wildman–Crippen MR) is 131 cm³/mol. The number of aliphatic carboxylic acids is 1. The fourth-order valence-corrected chi connectivity index (χ4v) is 3.42. The van der Waals surface area contributed by atoms with Crippen molar-refractivity contribution in [3.63, 3.8) is 0 Å². The lowest BCUT2D eigenvalue weighted by Crippen LogP contribution is -2.22. The third-order valence-electron chi connectivity index (χ3n) is 5.08. The van der Waals surface area contributed by atoms with Crippen LogP contribution in [-0.2, 0) is 17.9 Å². The summed E-state index contributed by atoms with van der Waals surface area (Å²) in [6.07, 6.45) is -4.14. The molecule has 13 heteroatoms. The van der Waals surface area contributed by atoms with Gasteiger partial charge in [0.15, 0.2) is 0 Å². The van der Waals surface area contributed by atoms with E-state index < -0.39 is 29.8 Å². The van der Waals surface area contributed by atoms with Crippen molar-refractivity contribution in [1.29, 1.82) is 0 Å². The van der Waals surface area contributed by atoms with Crippen molar-refractivity contribution in [3.05, 3.63) is 76.9 Å². The molecule has 38 heavy (non-hydrogen) atoms. The Kier molecular flexibility index (Phi) is 9.96. The van der Waals surface area contributed by atoms with Gasteiger partial charge in [0.25, 0.3) is 5.91 Å². The minimum absolute atomic E-state index is 0.0344. The molecule has 0 saturated heterocycles. The molecule has 0 atom stereocenters. The number of carbonyl (C=O) groups is 3. The lowest BCUT2D eigenvalue weighted by molar-refractivity contribution is -0.192. The number of nitrogens with zero attached hydrogens (tertiary/aromatic N) is 3. The van der Waals surface area contributed by atoms with E-state index in [2.05, 4.69) is 17.3 Å². The summed E-state index contributed by atoms with van der Waals surface area (Å²) in [6.45, 7) is 5.25. The van der Waals surface area contributed by atoms with Gasteiger partial charge >= 0.3 is 18.1 Å². The van der Waals surface area contributed by atoms with E-state index in [0.29, 0.717) is 12.2 Å². The predicted octanol–water partition coefficient (Wildman–Crippen LogP) is 4.96. The normalized spacial score (nSPS) is 10.8. The zero-order valence-electron chi connectivity index (χ0n) is 20.7. The molecule has 3 aromatic rings. The molecule has 0 fully saturated rings. The van der Waals surface area contributed by atoms with E-state index in [1.165, 1.54) is 24.3 Å². The van der Waals surface area contributed by atoms with Crippen molar-refractivity contribution in [2.75, 3.05) is 17.3 Å². The second-order valence-corrected chi connectivity index (χ2v) is 8.13. The van der Waals surface area contributed by atoms with Gasteiger partial charge in [-0.15, -0.1) is 0 Å². The number of nitrogens with one attached hydrogen (secondary N) is 1. The van der Waals surface area contributed by atoms with Crippen LogP contribution in [0.4, 0.5) is 28.9 Å². The minimum Gasteiger partial charge on any atom is -0.478 e. The van der Waals surface area contributed by atoms with Crippen molar-refractivity contribution in [1.82, 2.24) is 9.78 Å². The quantitative estimate of drug-likeness (QED) is 0.346. The molecule has 1 amide bonds. The number of aromatic carboxylic acids is 1. The third kappa shape index (κ3) is 8.05. The van der Waals surface area contributed by atoms with Crippen LogP contribution >= 0.6 is 0 Å². The largest absolute Gasteiger partial charge is 0.490 e. The van der Waals surface area contributed by atoms with Crippen LogP contribution in [0.3, 0.4) is 0 Å². The summed E-state index contributed by atoms with van der Waals surface area (Å²) in [5, 5.41) is 23.9.